The van der Waals surface area contributed by atoms with E-state index < -0.39 is 12.3 Å². The molecule has 0 aliphatic carbocycles. The van der Waals surface area contributed by atoms with Gasteiger partial charge in [-0.3, -0.25) is 0 Å². The zero-order valence-electron chi connectivity index (χ0n) is 7.29. The fourth-order valence-electron chi connectivity index (χ4n) is 1.04. The van der Waals surface area contributed by atoms with Gasteiger partial charge in [-0.1, -0.05) is 24.3 Å². The molecule has 0 amide bonds. The molecule has 2 atom stereocenters. The van der Waals surface area contributed by atoms with E-state index in [0.29, 0.717) is 5.56 Å². The molecule has 0 aromatic heterocycles. The van der Waals surface area contributed by atoms with Crippen LogP contribution in [0, 0.1) is 0 Å². The van der Waals surface area contributed by atoms with Crippen molar-refractivity contribution in [1.82, 2.24) is 0 Å². The molecule has 0 aliphatic heterocycles. The Hall–Kier alpha value is -0.890. The summed E-state index contributed by atoms with van der Waals surface area (Å²) in [6, 6.07) is 6.89. The number of benzene rings is 1. The highest BCUT2D eigenvalue weighted by Gasteiger charge is 2.03. The highest BCUT2D eigenvalue weighted by Crippen LogP contribution is 2.19. The lowest BCUT2D eigenvalue weighted by Gasteiger charge is -2.06. The average molecular weight is 168 g/mol. The molecule has 12 heavy (non-hydrogen) atoms. The van der Waals surface area contributed by atoms with Gasteiger partial charge >= 0.3 is 0 Å². The smallest absolute Gasteiger partial charge is 0.122 e. The minimum atomic E-state index is -0.937. The lowest BCUT2D eigenvalue weighted by Crippen LogP contribution is -1.92. The molecule has 1 rings (SSSR count). The molecule has 66 valence electrons. The zero-order chi connectivity index (χ0) is 9.14. The van der Waals surface area contributed by atoms with Crippen LogP contribution in [0.2, 0.25) is 0 Å². The second-order valence-corrected chi connectivity index (χ2v) is 2.96. The molecule has 0 saturated carbocycles. The second-order valence-electron chi connectivity index (χ2n) is 2.96. The van der Waals surface area contributed by atoms with Gasteiger partial charge in [0.1, 0.15) is 6.17 Å². The Balaban J connectivity index is 2.86. The minimum absolute atomic E-state index is 0.478. The number of rotatable bonds is 2. The highest BCUT2D eigenvalue weighted by atomic mass is 19.1. The summed E-state index contributed by atoms with van der Waals surface area (Å²) in [7, 11) is 0. The van der Waals surface area contributed by atoms with Crippen molar-refractivity contribution in [2.24, 2.45) is 0 Å². The van der Waals surface area contributed by atoms with Crippen molar-refractivity contribution in [2.45, 2.75) is 26.1 Å². The van der Waals surface area contributed by atoms with Gasteiger partial charge in [-0.2, -0.15) is 0 Å². The molecule has 0 aliphatic rings. The Labute approximate surface area is 71.9 Å². The molecule has 2 heteroatoms. The van der Waals surface area contributed by atoms with Gasteiger partial charge in [0.2, 0.25) is 0 Å². The van der Waals surface area contributed by atoms with Crippen molar-refractivity contribution >= 4 is 0 Å². The Morgan fingerprint density at radius 2 is 1.50 bits per heavy atom. The number of alkyl halides is 1. The van der Waals surface area contributed by atoms with E-state index in [9.17, 15) is 4.39 Å². The predicted molar refractivity (Wildman–Crippen MR) is 46.6 cm³/mol. The number of aliphatic hydroxyl groups excluding tert-OH is 1. The zero-order valence-corrected chi connectivity index (χ0v) is 7.29. The van der Waals surface area contributed by atoms with Gasteiger partial charge in [0, 0.05) is 0 Å². The quantitative estimate of drug-likeness (QED) is 0.719. The molecule has 0 fully saturated rings. The third kappa shape index (κ3) is 2.05. The van der Waals surface area contributed by atoms with Crippen molar-refractivity contribution < 1.29 is 9.50 Å². The molecular formula is C10H13FO. The van der Waals surface area contributed by atoms with E-state index in [1.807, 2.05) is 0 Å². The summed E-state index contributed by atoms with van der Waals surface area (Å²) in [4.78, 5) is 0. The van der Waals surface area contributed by atoms with E-state index in [1.54, 1.807) is 31.2 Å². The molecule has 1 aromatic carbocycles. The monoisotopic (exact) mass is 168 g/mol. The Kier molecular flexibility index (Phi) is 2.82. The van der Waals surface area contributed by atoms with Crippen LogP contribution in [0.3, 0.4) is 0 Å². The molecule has 1 N–H and O–H groups in total. The lowest BCUT2D eigenvalue weighted by atomic mass is 10.1. The fraction of sp³-hybridized carbons (Fsp3) is 0.400. The first-order valence-corrected chi connectivity index (χ1v) is 4.03. The molecule has 0 bridgehead atoms. The van der Waals surface area contributed by atoms with E-state index in [4.69, 9.17) is 5.11 Å². The third-order valence-electron chi connectivity index (χ3n) is 1.88. The molecule has 0 heterocycles. The number of hydrogen-bond acceptors (Lipinski definition) is 1. The summed E-state index contributed by atoms with van der Waals surface area (Å²) in [6.45, 7) is 3.19. The van der Waals surface area contributed by atoms with Crippen molar-refractivity contribution in [1.29, 1.82) is 0 Å². The van der Waals surface area contributed by atoms with Gasteiger partial charge < -0.3 is 5.11 Å². The second kappa shape index (κ2) is 3.68. The minimum Gasteiger partial charge on any atom is -0.389 e. The largest absolute Gasteiger partial charge is 0.389 e. The summed E-state index contributed by atoms with van der Waals surface area (Å²) in [5.41, 5.74) is 1.47. The van der Waals surface area contributed by atoms with Crippen LogP contribution < -0.4 is 0 Å². The number of hydrogen-bond donors (Lipinski definition) is 1. The van der Waals surface area contributed by atoms with E-state index >= 15 is 0 Å². The maximum absolute atomic E-state index is 12.7. The SMILES string of the molecule is CC(O)c1ccc(C(C)F)cc1. The summed E-state index contributed by atoms with van der Waals surface area (Å²) in [5, 5.41) is 9.16. The van der Waals surface area contributed by atoms with Crippen molar-refractivity contribution in [3.63, 3.8) is 0 Å². The average Bonchev–Trinajstić information content (AvgIpc) is 2.04. The van der Waals surface area contributed by atoms with E-state index in [0.717, 1.165) is 5.56 Å². The van der Waals surface area contributed by atoms with Gasteiger partial charge in [-0.15, -0.1) is 0 Å². The molecule has 0 saturated heterocycles. The molecule has 0 spiro atoms. The normalized spacial score (nSPS) is 15.7. The number of halogens is 1. The van der Waals surface area contributed by atoms with Gasteiger partial charge in [0.05, 0.1) is 6.10 Å². The molecular weight excluding hydrogens is 155 g/mol. The first-order valence-electron chi connectivity index (χ1n) is 4.03. The summed E-state index contributed by atoms with van der Waals surface area (Å²) in [6.07, 6.45) is -1.41. The molecule has 0 radical (unpaired) electrons. The summed E-state index contributed by atoms with van der Waals surface area (Å²) < 4.78 is 12.7. The van der Waals surface area contributed by atoms with Gasteiger partial charge in [0.25, 0.3) is 0 Å². The third-order valence-corrected chi connectivity index (χ3v) is 1.88. The van der Waals surface area contributed by atoms with Crippen LogP contribution in [0.25, 0.3) is 0 Å². The maximum atomic E-state index is 12.7. The molecule has 1 aromatic rings. The Morgan fingerprint density at radius 1 is 1.08 bits per heavy atom. The van der Waals surface area contributed by atoms with Crippen LogP contribution >= 0.6 is 0 Å². The van der Waals surface area contributed by atoms with Crippen LogP contribution in [0.1, 0.15) is 37.3 Å². The van der Waals surface area contributed by atoms with Crippen molar-refractivity contribution in [3.05, 3.63) is 35.4 Å². The van der Waals surface area contributed by atoms with Gasteiger partial charge in [-0.05, 0) is 25.0 Å². The Morgan fingerprint density at radius 3 is 1.83 bits per heavy atom. The molecule has 2 unspecified atom stereocenters. The van der Waals surface area contributed by atoms with Crippen molar-refractivity contribution in [3.8, 4) is 0 Å². The topological polar surface area (TPSA) is 20.2 Å². The predicted octanol–water partition coefficient (Wildman–Crippen LogP) is 2.77. The van der Waals surface area contributed by atoms with E-state index in [2.05, 4.69) is 0 Å². The summed E-state index contributed by atoms with van der Waals surface area (Å²) >= 11 is 0. The lowest BCUT2D eigenvalue weighted by molar-refractivity contribution is 0.199. The highest BCUT2D eigenvalue weighted by molar-refractivity contribution is 5.24. The van der Waals surface area contributed by atoms with E-state index in [-0.39, 0.29) is 0 Å². The fourth-order valence-corrected chi connectivity index (χ4v) is 1.04. The first kappa shape index (κ1) is 9.20. The maximum Gasteiger partial charge on any atom is 0.122 e. The Bertz CT molecular complexity index is 212. The summed E-state index contributed by atoms with van der Waals surface area (Å²) in [5.74, 6) is 0. The van der Waals surface area contributed by atoms with Gasteiger partial charge in [-0.25, -0.2) is 4.39 Å². The standard InChI is InChI=1S/C10H13FO/c1-7(11)9-3-5-10(6-4-9)8(2)12/h3-8,12H,1-2H3. The van der Waals surface area contributed by atoms with Crippen LogP contribution in [0.15, 0.2) is 24.3 Å². The van der Waals surface area contributed by atoms with Crippen LogP contribution in [0.5, 0.6) is 0 Å². The van der Waals surface area contributed by atoms with Crippen molar-refractivity contribution in [2.75, 3.05) is 0 Å². The van der Waals surface area contributed by atoms with Crippen LogP contribution in [0.4, 0.5) is 4.39 Å². The van der Waals surface area contributed by atoms with Crippen LogP contribution in [-0.2, 0) is 0 Å². The van der Waals surface area contributed by atoms with E-state index in [1.165, 1.54) is 6.92 Å². The first-order chi connectivity index (χ1) is 5.61. The van der Waals surface area contributed by atoms with Gasteiger partial charge in [0.15, 0.2) is 0 Å². The van der Waals surface area contributed by atoms with Crippen LogP contribution in [-0.4, -0.2) is 5.11 Å². The molecule has 1 nitrogen and oxygen atoms in total. The number of aliphatic hydroxyl groups is 1.